The van der Waals surface area contributed by atoms with Crippen molar-refractivity contribution >= 4 is 15.9 Å². The summed E-state index contributed by atoms with van der Waals surface area (Å²) in [5.41, 5.74) is 0. The zero-order valence-corrected chi connectivity index (χ0v) is 12.9. The van der Waals surface area contributed by atoms with Gasteiger partial charge in [-0.2, -0.15) is 4.31 Å². The average molecular weight is 300 g/mol. The van der Waals surface area contributed by atoms with Crippen LogP contribution < -0.4 is 5.32 Å². The maximum absolute atomic E-state index is 12.2. The number of amides is 1. The summed E-state index contributed by atoms with van der Waals surface area (Å²) in [4.78, 5) is 12.2. The minimum Gasteiger partial charge on any atom is -0.353 e. The zero-order valence-electron chi connectivity index (χ0n) is 12.0. The molecule has 114 valence electrons. The third-order valence-corrected chi connectivity index (χ3v) is 7.30. The Morgan fingerprint density at radius 2 is 1.75 bits per heavy atom. The Morgan fingerprint density at radius 3 is 2.35 bits per heavy atom. The molecule has 1 heterocycles. The van der Waals surface area contributed by atoms with Crippen molar-refractivity contribution in [1.29, 1.82) is 0 Å². The molecular weight excluding hydrogens is 276 g/mol. The summed E-state index contributed by atoms with van der Waals surface area (Å²) in [6.07, 6.45) is 6.25. The van der Waals surface area contributed by atoms with Crippen molar-refractivity contribution in [2.24, 2.45) is 11.8 Å². The summed E-state index contributed by atoms with van der Waals surface area (Å²) in [5.74, 6) is 0.447. The Balaban J connectivity index is 1.48. The molecule has 0 spiro atoms. The third-order valence-electron chi connectivity index (χ3n) is 4.96. The summed E-state index contributed by atoms with van der Waals surface area (Å²) >= 11 is 0. The predicted octanol–water partition coefficient (Wildman–Crippen LogP) is 1.11. The second-order valence-corrected chi connectivity index (χ2v) is 8.85. The van der Waals surface area contributed by atoms with Crippen LogP contribution in [0.1, 0.15) is 45.4 Å². The number of sulfonamides is 1. The van der Waals surface area contributed by atoms with E-state index in [1.54, 1.807) is 0 Å². The first-order valence-corrected chi connectivity index (χ1v) is 9.28. The van der Waals surface area contributed by atoms with Crippen LogP contribution in [0.15, 0.2) is 0 Å². The van der Waals surface area contributed by atoms with Crippen LogP contribution in [0.4, 0.5) is 0 Å². The topological polar surface area (TPSA) is 66.5 Å². The van der Waals surface area contributed by atoms with Crippen LogP contribution in [0, 0.1) is 11.8 Å². The van der Waals surface area contributed by atoms with E-state index in [4.69, 9.17) is 0 Å². The number of hydrogen-bond donors (Lipinski definition) is 1. The van der Waals surface area contributed by atoms with Gasteiger partial charge in [-0.1, -0.05) is 19.8 Å². The number of hydrogen-bond acceptors (Lipinski definition) is 3. The van der Waals surface area contributed by atoms with Crippen LogP contribution in [-0.4, -0.2) is 43.0 Å². The minimum atomic E-state index is -3.09. The van der Waals surface area contributed by atoms with E-state index in [9.17, 15) is 13.2 Å². The lowest BCUT2D eigenvalue weighted by Crippen LogP contribution is -2.58. The number of nitrogens with one attached hydrogen (secondary N) is 1. The molecule has 0 aromatic rings. The van der Waals surface area contributed by atoms with Gasteiger partial charge in [-0.15, -0.1) is 0 Å². The molecular formula is C14H24N2O3S. The first-order valence-electron chi connectivity index (χ1n) is 7.78. The Labute approximate surface area is 121 Å². The van der Waals surface area contributed by atoms with E-state index < -0.39 is 10.0 Å². The van der Waals surface area contributed by atoms with Crippen LogP contribution in [0.2, 0.25) is 0 Å². The molecule has 2 unspecified atom stereocenters. The van der Waals surface area contributed by atoms with Gasteiger partial charge in [0, 0.05) is 19.1 Å². The van der Waals surface area contributed by atoms with Crippen LogP contribution in [0.5, 0.6) is 0 Å². The van der Waals surface area contributed by atoms with E-state index in [0.29, 0.717) is 19.0 Å². The van der Waals surface area contributed by atoms with E-state index in [-0.39, 0.29) is 23.1 Å². The summed E-state index contributed by atoms with van der Waals surface area (Å²) in [6, 6.07) is 0.283. The van der Waals surface area contributed by atoms with Gasteiger partial charge in [0.2, 0.25) is 15.9 Å². The highest BCUT2D eigenvalue weighted by Crippen LogP contribution is 2.34. The highest BCUT2D eigenvalue weighted by atomic mass is 32.2. The van der Waals surface area contributed by atoms with Gasteiger partial charge in [0.15, 0.2) is 0 Å². The van der Waals surface area contributed by atoms with Crippen molar-refractivity contribution in [3.05, 3.63) is 0 Å². The quantitative estimate of drug-likeness (QED) is 0.845. The second kappa shape index (κ2) is 5.30. The molecule has 5 nitrogen and oxygen atoms in total. The molecule has 1 amide bonds. The number of rotatable bonds is 4. The molecule has 2 aliphatic carbocycles. The van der Waals surface area contributed by atoms with E-state index in [1.807, 2.05) is 0 Å². The number of carbonyl (C=O) groups excluding carboxylic acids is 1. The van der Waals surface area contributed by atoms with Crippen molar-refractivity contribution in [1.82, 2.24) is 9.62 Å². The standard InChI is InChI=1S/C14H24N2O3S/c1-10-4-2-3-5-13(10)15-14(17)11-8-16(9-11)20(18,19)12-6-7-12/h10-13H,2-9H2,1H3,(H,15,17). The van der Waals surface area contributed by atoms with Gasteiger partial charge in [0.25, 0.3) is 0 Å². The van der Waals surface area contributed by atoms with Crippen LogP contribution in [0.25, 0.3) is 0 Å². The van der Waals surface area contributed by atoms with Crippen LogP contribution in [-0.2, 0) is 14.8 Å². The van der Waals surface area contributed by atoms with Crippen molar-refractivity contribution < 1.29 is 13.2 Å². The Bertz CT molecular complexity index is 481. The van der Waals surface area contributed by atoms with Crippen molar-refractivity contribution in [3.63, 3.8) is 0 Å². The third kappa shape index (κ3) is 2.72. The SMILES string of the molecule is CC1CCCCC1NC(=O)C1CN(S(=O)(=O)C2CC2)C1. The maximum atomic E-state index is 12.2. The number of nitrogens with zero attached hydrogens (tertiary/aromatic N) is 1. The van der Waals surface area contributed by atoms with Gasteiger partial charge in [-0.05, 0) is 31.6 Å². The fourth-order valence-electron chi connectivity index (χ4n) is 3.22. The highest BCUT2D eigenvalue weighted by molar-refractivity contribution is 7.90. The molecule has 0 aromatic carbocycles. The van der Waals surface area contributed by atoms with E-state index >= 15 is 0 Å². The molecule has 2 atom stereocenters. The van der Waals surface area contributed by atoms with Gasteiger partial charge in [0.1, 0.15) is 0 Å². The fraction of sp³-hybridized carbons (Fsp3) is 0.929. The normalized spacial score (nSPS) is 32.6. The van der Waals surface area contributed by atoms with Gasteiger partial charge in [-0.25, -0.2) is 8.42 Å². The van der Waals surface area contributed by atoms with Gasteiger partial charge < -0.3 is 5.32 Å². The first-order chi connectivity index (χ1) is 9.48. The molecule has 0 radical (unpaired) electrons. The molecule has 1 saturated heterocycles. The summed E-state index contributed by atoms with van der Waals surface area (Å²) in [6.45, 7) is 2.95. The van der Waals surface area contributed by atoms with Crippen molar-refractivity contribution in [3.8, 4) is 0 Å². The maximum Gasteiger partial charge on any atom is 0.226 e. The summed E-state index contributed by atoms with van der Waals surface area (Å²) < 4.78 is 25.4. The van der Waals surface area contributed by atoms with E-state index in [1.165, 1.54) is 23.6 Å². The lowest BCUT2D eigenvalue weighted by molar-refractivity contribution is -0.129. The molecule has 6 heteroatoms. The molecule has 1 N–H and O–H groups in total. The molecule has 0 aromatic heterocycles. The summed E-state index contributed by atoms with van der Waals surface area (Å²) in [5, 5.41) is 2.96. The Morgan fingerprint density at radius 1 is 1.10 bits per heavy atom. The van der Waals surface area contributed by atoms with Gasteiger partial charge >= 0.3 is 0 Å². The highest BCUT2D eigenvalue weighted by Gasteiger charge is 2.47. The smallest absolute Gasteiger partial charge is 0.226 e. The van der Waals surface area contributed by atoms with Crippen molar-refractivity contribution in [2.45, 2.75) is 56.7 Å². The fourth-order valence-corrected chi connectivity index (χ4v) is 5.15. The van der Waals surface area contributed by atoms with Crippen LogP contribution >= 0.6 is 0 Å². The lowest BCUT2D eigenvalue weighted by Gasteiger charge is -2.39. The monoisotopic (exact) mass is 300 g/mol. The largest absolute Gasteiger partial charge is 0.353 e. The molecule has 1 aliphatic heterocycles. The molecule has 3 aliphatic rings. The van der Waals surface area contributed by atoms with Gasteiger partial charge in [0.05, 0.1) is 11.2 Å². The average Bonchev–Trinajstić information content (AvgIpc) is 3.13. The predicted molar refractivity (Wildman–Crippen MR) is 76.6 cm³/mol. The Kier molecular flexibility index (Phi) is 3.79. The molecule has 20 heavy (non-hydrogen) atoms. The lowest BCUT2D eigenvalue weighted by atomic mass is 9.85. The Hall–Kier alpha value is -0.620. The van der Waals surface area contributed by atoms with Gasteiger partial charge in [-0.3, -0.25) is 4.79 Å². The molecule has 2 saturated carbocycles. The number of carbonyl (C=O) groups is 1. The van der Waals surface area contributed by atoms with Crippen molar-refractivity contribution in [2.75, 3.05) is 13.1 Å². The molecule has 3 rings (SSSR count). The second-order valence-electron chi connectivity index (χ2n) is 6.64. The van der Waals surface area contributed by atoms with Crippen LogP contribution in [0.3, 0.4) is 0 Å². The zero-order chi connectivity index (χ0) is 14.3. The summed E-state index contributed by atoms with van der Waals surface area (Å²) in [7, 11) is -3.09. The van der Waals surface area contributed by atoms with E-state index in [0.717, 1.165) is 19.3 Å². The molecule has 3 fully saturated rings. The molecule has 0 bridgehead atoms. The first kappa shape index (κ1) is 14.3. The minimum absolute atomic E-state index is 0.0472. The van der Waals surface area contributed by atoms with E-state index in [2.05, 4.69) is 12.2 Å².